The average Bonchev–Trinajstić information content (AvgIpc) is 2.04. The minimum Gasteiger partial charge on any atom is -0.303 e. The van der Waals surface area contributed by atoms with Gasteiger partial charge < -0.3 is 4.79 Å². The molecule has 1 aromatic rings. The van der Waals surface area contributed by atoms with Crippen LogP contribution >= 0.6 is 0 Å². The highest BCUT2D eigenvalue weighted by atomic mass is 16.1. The van der Waals surface area contributed by atoms with Crippen molar-refractivity contribution in [2.45, 2.75) is 20.3 Å². The molecule has 0 amide bonds. The summed E-state index contributed by atoms with van der Waals surface area (Å²) in [7, 11) is 0. The van der Waals surface area contributed by atoms with E-state index in [1.54, 1.807) is 0 Å². The zero-order valence-electron chi connectivity index (χ0n) is 7.45. The van der Waals surface area contributed by atoms with Gasteiger partial charge in [-0.3, -0.25) is 4.98 Å². The Morgan fingerprint density at radius 2 is 2.33 bits per heavy atom. The number of aryl methyl sites for hydroxylation is 1. The highest BCUT2D eigenvalue weighted by Gasteiger charge is 2.01. The predicted octanol–water partition coefficient (Wildman–Crippen LogP) is 1.77. The second-order valence-corrected chi connectivity index (χ2v) is 3.19. The highest BCUT2D eigenvalue weighted by Crippen LogP contribution is 2.06. The third-order valence-corrected chi connectivity index (χ3v) is 1.72. The maximum absolute atomic E-state index is 10.4. The molecule has 2 nitrogen and oxygen atoms in total. The topological polar surface area (TPSA) is 30.0 Å². The molecule has 1 rings (SSSR count). The van der Waals surface area contributed by atoms with Crippen molar-refractivity contribution >= 4 is 6.29 Å². The van der Waals surface area contributed by atoms with Crippen LogP contribution < -0.4 is 0 Å². The van der Waals surface area contributed by atoms with Gasteiger partial charge >= 0.3 is 0 Å². The van der Waals surface area contributed by atoms with E-state index in [9.17, 15) is 4.79 Å². The predicted molar refractivity (Wildman–Crippen MR) is 47.9 cm³/mol. The van der Waals surface area contributed by atoms with Crippen LogP contribution in [0, 0.1) is 12.8 Å². The molecule has 12 heavy (non-hydrogen) atoms. The minimum absolute atomic E-state index is 0.0913. The van der Waals surface area contributed by atoms with E-state index in [2.05, 4.69) is 11.1 Å². The molecule has 0 N–H and O–H groups in total. The van der Waals surface area contributed by atoms with Crippen LogP contribution in [0.5, 0.6) is 0 Å². The number of carbonyl (C=O) groups excluding carboxylic acids is 1. The lowest BCUT2D eigenvalue weighted by Gasteiger charge is -2.03. The van der Waals surface area contributed by atoms with E-state index in [1.165, 1.54) is 0 Å². The van der Waals surface area contributed by atoms with Gasteiger partial charge in [0.25, 0.3) is 0 Å². The molecule has 0 bridgehead atoms. The Morgan fingerprint density at radius 1 is 1.58 bits per heavy atom. The first-order valence-electron chi connectivity index (χ1n) is 4.08. The standard InChI is InChI=1S/C10H13NO/c1-8-3-10(6-11-5-8)4-9(2)7-12/h3,5-7,9H,4H2,1-2H3. The fourth-order valence-electron chi connectivity index (χ4n) is 1.15. The Balaban J connectivity index is 2.69. The van der Waals surface area contributed by atoms with Gasteiger partial charge in [0.2, 0.25) is 0 Å². The Bertz CT molecular complexity index is 270. The number of rotatable bonds is 3. The third kappa shape index (κ3) is 2.46. The van der Waals surface area contributed by atoms with Gasteiger partial charge in [0.05, 0.1) is 0 Å². The molecule has 0 fully saturated rings. The number of hydrogen-bond donors (Lipinski definition) is 0. The maximum atomic E-state index is 10.4. The fourth-order valence-corrected chi connectivity index (χ4v) is 1.15. The van der Waals surface area contributed by atoms with Crippen molar-refractivity contribution in [2.24, 2.45) is 5.92 Å². The van der Waals surface area contributed by atoms with E-state index in [4.69, 9.17) is 0 Å². The Kier molecular flexibility index (Phi) is 2.97. The van der Waals surface area contributed by atoms with Gasteiger partial charge in [-0.05, 0) is 24.5 Å². The second-order valence-electron chi connectivity index (χ2n) is 3.19. The van der Waals surface area contributed by atoms with Crippen molar-refractivity contribution in [3.8, 4) is 0 Å². The molecular formula is C10H13NO. The summed E-state index contributed by atoms with van der Waals surface area (Å²) in [4.78, 5) is 14.4. The lowest BCUT2D eigenvalue weighted by molar-refractivity contribution is -0.110. The molecule has 0 aliphatic carbocycles. The minimum atomic E-state index is 0.0913. The smallest absolute Gasteiger partial charge is 0.123 e. The average molecular weight is 163 g/mol. The quantitative estimate of drug-likeness (QED) is 0.635. The van der Waals surface area contributed by atoms with Crippen molar-refractivity contribution in [2.75, 3.05) is 0 Å². The molecule has 0 radical (unpaired) electrons. The van der Waals surface area contributed by atoms with Gasteiger partial charge in [-0.1, -0.05) is 13.0 Å². The van der Waals surface area contributed by atoms with Crippen molar-refractivity contribution in [3.05, 3.63) is 29.6 Å². The molecular weight excluding hydrogens is 150 g/mol. The zero-order chi connectivity index (χ0) is 8.97. The molecule has 1 atom stereocenters. The van der Waals surface area contributed by atoms with Crippen molar-refractivity contribution < 1.29 is 4.79 Å². The molecule has 0 aliphatic heterocycles. The van der Waals surface area contributed by atoms with Crippen LogP contribution in [0.3, 0.4) is 0 Å². The molecule has 0 aliphatic rings. The lowest BCUT2D eigenvalue weighted by atomic mass is 10.0. The molecule has 1 heterocycles. The van der Waals surface area contributed by atoms with Gasteiger partial charge in [-0.25, -0.2) is 0 Å². The summed E-state index contributed by atoms with van der Waals surface area (Å²) in [5.74, 6) is 0.0913. The summed E-state index contributed by atoms with van der Waals surface area (Å²) in [6.45, 7) is 3.91. The molecule has 0 aromatic carbocycles. The van der Waals surface area contributed by atoms with Crippen molar-refractivity contribution in [1.82, 2.24) is 4.98 Å². The Labute approximate surface area is 72.6 Å². The second kappa shape index (κ2) is 4.00. The van der Waals surface area contributed by atoms with Crippen LogP contribution in [0.15, 0.2) is 18.5 Å². The van der Waals surface area contributed by atoms with Gasteiger partial charge in [0.1, 0.15) is 6.29 Å². The largest absolute Gasteiger partial charge is 0.303 e. The lowest BCUT2D eigenvalue weighted by Crippen LogP contribution is -2.01. The fraction of sp³-hybridized carbons (Fsp3) is 0.400. The van der Waals surface area contributed by atoms with E-state index in [1.807, 2.05) is 26.2 Å². The number of hydrogen-bond acceptors (Lipinski definition) is 2. The first-order valence-corrected chi connectivity index (χ1v) is 4.08. The number of carbonyl (C=O) groups is 1. The van der Waals surface area contributed by atoms with Gasteiger partial charge in [-0.15, -0.1) is 0 Å². The third-order valence-electron chi connectivity index (χ3n) is 1.72. The molecule has 0 saturated heterocycles. The summed E-state index contributed by atoms with van der Waals surface area (Å²) in [6.07, 6.45) is 5.39. The SMILES string of the molecule is Cc1cncc(CC(C)C=O)c1. The summed E-state index contributed by atoms with van der Waals surface area (Å²) >= 11 is 0. The van der Waals surface area contributed by atoms with E-state index < -0.39 is 0 Å². The highest BCUT2D eigenvalue weighted by molar-refractivity contribution is 5.53. The first-order chi connectivity index (χ1) is 5.72. The first kappa shape index (κ1) is 8.91. The van der Waals surface area contributed by atoms with Gasteiger partial charge in [0, 0.05) is 18.3 Å². The van der Waals surface area contributed by atoms with E-state index in [-0.39, 0.29) is 5.92 Å². The number of pyridine rings is 1. The van der Waals surface area contributed by atoms with E-state index in [0.29, 0.717) is 0 Å². The Morgan fingerprint density at radius 3 is 2.92 bits per heavy atom. The van der Waals surface area contributed by atoms with Crippen molar-refractivity contribution in [3.63, 3.8) is 0 Å². The van der Waals surface area contributed by atoms with Crippen LogP contribution in [0.4, 0.5) is 0 Å². The summed E-state index contributed by atoms with van der Waals surface area (Å²) in [5.41, 5.74) is 2.28. The van der Waals surface area contributed by atoms with Gasteiger partial charge in [-0.2, -0.15) is 0 Å². The molecule has 64 valence electrons. The maximum Gasteiger partial charge on any atom is 0.123 e. The molecule has 0 saturated carbocycles. The van der Waals surface area contributed by atoms with Crippen LogP contribution in [0.1, 0.15) is 18.1 Å². The molecule has 1 unspecified atom stereocenters. The summed E-state index contributed by atoms with van der Waals surface area (Å²) in [5, 5.41) is 0. The molecule has 2 heteroatoms. The summed E-state index contributed by atoms with van der Waals surface area (Å²) < 4.78 is 0. The molecule has 0 spiro atoms. The number of nitrogens with zero attached hydrogens (tertiary/aromatic N) is 1. The number of aromatic nitrogens is 1. The normalized spacial score (nSPS) is 12.5. The molecule has 1 aromatic heterocycles. The van der Waals surface area contributed by atoms with Crippen LogP contribution in [0.25, 0.3) is 0 Å². The summed E-state index contributed by atoms with van der Waals surface area (Å²) in [6, 6.07) is 2.06. The van der Waals surface area contributed by atoms with Gasteiger partial charge in [0.15, 0.2) is 0 Å². The van der Waals surface area contributed by atoms with Crippen LogP contribution in [0.2, 0.25) is 0 Å². The Hall–Kier alpha value is -1.18. The monoisotopic (exact) mass is 163 g/mol. The van der Waals surface area contributed by atoms with Crippen molar-refractivity contribution in [1.29, 1.82) is 0 Å². The van der Waals surface area contributed by atoms with Crippen LogP contribution in [-0.2, 0) is 11.2 Å². The van der Waals surface area contributed by atoms with E-state index in [0.717, 1.165) is 23.8 Å². The van der Waals surface area contributed by atoms with E-state index >= 15 is 0 Å². The van der Waals surface area contributed by atoms with Crippen LogP contribution in [-0.4, -0.2) is 11.3 Å². The zero-order valence-corrected chi connectivity index (χ0v) is 7.45. The number of aldehydes is 1.